The standard InChI is InChI=1S/C15H17Cl2N3O5/c1-3-8(2)19-14(23)15(24)20-18-6-9-4-10(16)13(11(17)5-9)25-7-12(21)22/h4-6,8H,3,7H2,1-2H3,(H,19,23)(H,20,24)(H,21,22)/p-1/b18-6-/t8-/m1/s1. The zero-order chi connectivity index (χ0) is 19.0. The minimum atomic E-state index is -1.42. The van der Waals surface area contributed by atoms with Crippen LogP contribution in [0.5, 0.6) is 5.75 Å². The van der Waals surface area contributed by atoms with Crippen molar-refractivity contribution in [2.24, 2.45) is 5.10 Å². The highest BCUT2D eigenvalue weighted by Crippen LogP contribution is 2.33. The minimum Gasteiger partial charge on any atom is -0.546 e. The molecule has 0 unspecified atom stereocenters. The lowest BCUT2D eigenvalue weighted by Gasteiger charge is -2.11. The van der Waals surface area contributed by atoms with Gasteiger partial charge in [-0.05, 0) is 31.0 Å². The Bertz CT molecular complexity index is 671. The Labute approximate surface area is 154 Å². The lowest BCUT2D eigenvalue weighted by Crippen LogP contribution is -2.41. The molecule has 1 atom stereocenters. The summed E-state index contributed by atoms with van der Waals surface area (Å²) >= 11 is 11.9. The molecule has 0 aliphatic rings. The number of halogens is 2. The van der Waals surface area contributed by atoms with Crippen LogP contribution in [0, 0.1) is 0 Å². The second-order valence-corrected chi connectivity index (χ2v) is 5.77. The van der Waals surface area contributed by atoms with E-state index in [1.54, 1.807) is 6.92 Å². The molecule has 0 aliphatic heterocycles. The van der Waals surface area contributed by atoms with Gasteiger partial charge in [0.25, 0.3) is 0 Å². The van der Waals surface area contributed by atoms with Crippen molar-refractivity contribution < 1.29 is 24.2 Å². The van der Waals surface area contributed by atoms with Gasteiger partial charge in [0.2, 0.25) is 0 Å². The molecular weight excluding hydrogens is 373 g/mol. The van der Waals surface area contributed by atoms with E-state index in [1.807, 2.05) is 6.92 Å². The van der Waals surface area contributed by atoms with E-state index in [-0.39, 0.29) is 21.8 Å². The lowest BCUT2D eigenvalue weighted by molar-refractivity contribution is -0.307. The van der Waals surface area contributed by atoms with Gasteiger partial charge in [-0.2, -0.15) is 5.10 Å². The van der Waals surface area contributed by atoms with E-state index in [9.17, 15) is 19.5 Å². The summed E-state index contributed by atoms with van der Waals surface area (Å²) in [6.45, 7) is 2.94. The first-order chi connectivity index (χ1) is 11.7. The smallest absolute Gasteiger partial charge is 0.329 e. The highest BCUT2D eigenvalue weighted by Gasteiger charge is 2.14. The normalized spacial score (nSPS) is 11.8. The summed E-state index contributed by atoms with van der Waals surface area (Å²) in [6.07, 6.45) is 1.90. The molecule has 1 aromatic rings. The number of carbonyl (C=O) groups excluding carboxylic acids is 3. The number of rotatable bonds is 7. The van der Waals surface area contributed by atoms with E-state index in [0.29, 0.717) is 12.0 Å². The van der Waals surface area contributed by atoms with Crippen molar-refractivity contribution in [2.45, 2.75) is 26.3 Å². The van der Waals surface area contributed by atoms with Gasteiger partial charge < -0.3 is 20.0 Å². The fraction of sp³-hybridized carbons (Fsp3) is 0.333. The molecule has 0 heterocycles. The molecule has 2 N–H and O–H groups in total. The van der Waals surface area contributed by atoms with Gasteiger partial charge in [-0.3, -0.25) is 9.59 Å². The second-order valence-electron chi connectivity index (χ2n) is 4.96. The zero-order valence-electron chi connectivity index (χ0n) is 13.5. The van der Waals surface area contributed by atoms with Gasteiger partial charge in [0.05, 0.1) is 22.2 Å². The number of carbonyl (C=O) groups is 3. The average molecular weight is 389 g/mol. The van der Waals surface area contributed by atoms with Crippen LogP contribution in [0.4, 0.5) is 0 Å². The molecule has 1 aromatic carbocycles. The van der Waals surface area contributed by atoms with E-state index < -0.39 is 24.4 Å². The predicted octanol–water partition coefficient (Wildman–Crippen LogP) is 0.487. The number of ether oxygens (including phenoxy) is 1. The Hall–Kier alpha value is -2.32. The topological polar surface area (TPSA) is 120 Å². The van der Waals surface area contributed by atoms with Crippen LogP contribution in [0.3, 0.4) is 0 Å². The quantitative estimate of drug-likeness (QED) is 0.400. The number of carboxylic acid groups (broad SMARTS) is 1. The fourth-order valence-electron chi connectivity index (χ4n) is 1.53. The molecule has 0 fully saturated rings. The lowest BCUT2D eigenvalue weighted by atomic mass is 10.2. The molecule has 10 heteroatoms. The summed E-state index contributed by atoms with van der Waals surface area (Å²) < 4.78 is 4.91. The second kappa shape index (κ2) is 9.85. The number of nitrogens with zero attached hydrogens (tertiary/aromatic N) is 1. The molecule has 1 rings (SSSR count). The summed E-state index contributed by atoms with van der Waals surface area (Å²) in [5.74, 6) is -3.14. The molecule has 25 heavy (non-hydrogen) atoms. The molecule has 0 saturated heterocycles. The highest BCUT2D eigenvalue weighted by atomic mass is 35.5. The molecular formula is C15H16Cl2N3O5-. The summed E-state index contributed by atoms with van der Waals surface area (Å²) in [5.41, 5.74) is 2.47. The van der Waals surface area contributed by atoms with Crippen molar-refractivity contribution in [2.75, 3.05) is 6.61 Å². The zero-order valence-corrected chi connectivity index (χ0v) is 15.0. The van der Waals surface area contributed by atoms with E-state index in [4.69, 9.17) is 27.9 Å². The third-order valence-electron chi connectivity index (χ3n) is 2.93. The maximum Gasteiger partial charge on any atom is 0.329 e. The maximum atomic E-state index is 11.6. The Morgan fingerprint density at radius 2 is 1.88 bits per heavy atom. The molecule has 136 valence electrons. The number of aliphatic carboxylic acids is 1. The Balaban J connectivity index is 2.70. The molecule has 0 aliphatic carbocycles. The number of nitrogens with one attached hydrogen (secondary N) is 2. The molecule has 8 nitrogen and oxygen atoms in total. The monoisotopic (exact) mass is 388 g/mol. The fourth-order valence-corrected chi connectivity index (χ4v) is 2.14. The Morgan fingerprint density at radius 3 is 2.40 bits per heavy atom. The molecule has 2 amide bonds. The van der Waals surface area contributed by atoms with Crippen LogP contribution in [0.2, 0.25) is 10.0 Å². The van der Waals surface area contributed by atoms with Crippen molar-refractivity contribution in [1.82, 2.24) is 10.7 Å². The van der Waals surface area contributed by atoms with Crippen LogP contribution in [0.15, 0.2) is 17.2 Å². The van der Waals surface area contributed by atoms with Crippen molar-refractivity contribution in [3.05, 3.63) is 27.7 Å². The SMILES string of the molecule is CC[C@@H](C)NC(=O)C(=O)N/N=C\c1cc(Cl)c(OCC(=O)[O-])c(Cl)c1. The summed E-state index contributed by atoms with van der Waals surface area (Å²) in [6, 6.07) is 2.66. The summed E-state index contributed by atoms with van der Waals surface area (Å²) in [7, 11) is 0. The Morgan fingerprint density at radius 1 is 1.28 bits per heavy atom. The van der Waals surface area contributed by atoms with Crippen molar-refractivity contribution in [1.29, 1.82) is 0 Å². The molecule has 0 radical (unpaired) electrons. The summed E-state index contributed by atoms with van der Waals surface area (Å²) in [4.78, 5) is 33.5. The first-order valence-corrected chi connectivity index (χ1v) is 7.95. The van der Waals surface area contributed by atoms with Crippen LogP contribution in [0.1, 0.15) is 25.8 Å². The number of amides is 2. The molecule has 0 aromatic heterocycles. The number of hydrazone groups is 1. The van der Waals surface area contributed by atoms with Crippen molar-refractivity contribution in [3.63, 3.8) is 0 Å². The maximum absolute atomic E-state index is 11.6. The van der Waals surface area contributed by atoms with Crippen LogP contribution in [-0.2, 0) is 14.4 Å². The number of hydrogen-bond donors (Lipinski definition) is 2. The van der Waals surface area contributed by atoms with Gasteiger partial charge in [0.1, 0.15) is 6.61 Å². The number of benzene rings is 1. The third kappa shape index (κ3) is 6.98. The molecule has 0 bridgehead atoms. The van der Waals surface area contributed by atoms with Crippen LogP contribution in [0.25, 0.3) is 0 Å². The van der Waals surface area contributed by atoms with E-state index in [1.165, 1.54) is 18.3 Å². The van der Waals surface area contributed by atoms with Gasteiger partial charge in [0.15, 0.2) is 5.75 Å². The third-order valence-corrected chi connectivity index (χ3v) is 3.49. The first-order valence-electron chi connectivity index (χ1n) is 7.20. The van der Waals surface area contributed by atoms with E-state index in [0.717, 1.165) is 0 Å². The van der Waals surface area contributed by atoms with Crippen molar-refractivity contribution >= 4 is 47.2 Å². The average Bonchev–Trinajstić information content (AvgIpc) is 2.53. The van der Waals surface area contributed by atoms with E-state index in [2.05, 4.69) is 15.8 Å². The Kier molecular flexibility index (Phi) is 8.17. The van der Waals surface area contributed by atoms with E-state index >= 15 is 0 Å². The molecule has 0 saturated carbocycles. The van der Waals surface area contributed by atoms with Gasteiger partial charge in [-0.1, -0.05) is 30.1 Å². The van der Waals surface area contributed by atoms with Crippen LogP contribution < -0.4 is 20.6 Å². The minimum absolute atomic E-state index is 0.0124. The van der Waals surface area contributed by atoms with Crippen LogP contribution in [-0.4, -0.2) is 36.6 Å². The van der Waals surface area contributed by atoms with Gasteiger partial charge in [0, 0.05) is 6.04 Å². The largest absolute Gasteiger partial charge is 0.546 e. The predicted molar refractivity (Wildman–Crippen MR) is 90.6 cm³/mol. The first kappa shape index (κ1) is 20.7. The van der Waals surface area contributed by atoms with Crippen LogP contribution >= 0.6 is 23.2 Å². The highest BCUT2D eigenvalue weighted by molar-refractivity contribution is 6.37. The summed E-state index contributed by atoms with van der Waals surface area (Å²) in [5, 5.41) is 16.6. The van der Waals surface area contributed by atoms with Gasteiger partial charge in [-0.25, -0.2) is 5.43 Å². The van der Waals surface area contributed by atoms with Gasteiger partial charge in [-0.15, -0.1) is 0 Å². The van der Waals surface area contributed by atoms with Gasteiger partial charge >= 0.3 is 11.8 Å². The number of carboxylic acids is 1. The molecule has 0 spiro atoms. The van der Waals surface area contributed by atoms with Crippen molar-refractivity contribution in [3.8, 4) is 5.75 Å². The number of hydrogen-bond acceptors (Lipinski definition) is 6.